The van der Waals surface area contributed by atoms with Crippen LogP contribution < -0.4 is 25.7 Å². The molecule has 0 radical (unpaired) electrons. The van der Waals surface area contributed by atoms with Gasteiger partial charge in [-0.05, 0) is 31.4 Å². The molecule has 7 nitrogen and oxygen atoms in total. The predicted molar refractivity (Wildman–Crippen MR) is 93.4 cm³/mol. The molecule has 0 atom stereocenters. The predicted octanol–water partition coefficient (Wildman–Crippen LogP) is 0.380. The number of aromatic amines is 1. The van der Waals surface area contributed by atoms with Gasteiger partial charge in [-0.2, -0.15) is 9.61 Å². The molecular weight excluding hydrogens is 320 g/mol. The Hall–Kier alpha value is -3.09. The Balaban J connectivity index is 2.00. The SMILES string of the molecule is COc1cccc(/C=c2/c(=O)[nH]c3nc4c(nn23)CCCC=4)c1OC. The molecule has 7 heteroatoms. The van der Waals surface area contributed by atoms with E-state index in [-0.39, 0.29) is 5.56 Å². The summed E-state index contributed by atoms with van der Waals surface area (Å²) >= 11 is 0. The van der Waals surface area contributed by atoms with Crippen molar-refractivity contribution in [2.45, 2.75) is 19.3 Å². The number of para-hydroxylation sites is 1. The van der Waals surface area contributed by atoms with Crippen molar-refractivity contribution in [3.8, 4) is 11.5 Å². The van der Waals surface area contributed by atoms with E-state index in [1.54, 1.807) is 24.8 Å². The molecule has 1 aliphatic carbocycles. The fraction of sp³-hybridized carbons (Fsp3) is 0.278. The molecule has 1 N–H and O–H groups in total. The van der Waals surface area contributed by atoms with E-state index in [2.05, 4.69) is 21.1 Å². The Bertz CT molecular complexity index is 1130. The van der Waals surface area contributed by atoms with Crippen LogP contribution in [0.15, 0.2) is 23.0 Å². The van der Waals surface area contributed by atoms with E-state index >= 15 is 0 Å². The van der Waals surface area contributed by atoms with Gasteiger partial charge in [0.25, 0.3) is 5.56 Å². The quantitative estimate of drug-likeness (QED) is 0.747. The Labute approximate surface area is 143 Å². The number of rotatable bonds is 3. The third kappa shape index (κ3) is 2.57. The number of aryl methyl sites for hydroxylation is 1. The maximum absolute atomic E-state index is 12.4. The minimum atomic E-state index is -0.243. The largest absolute Gasteiger partial charge is 0.493 e. The zero-order valence-electron chi connectivity index (χ0n) is 14.1. The van der Waals surface area contributed by atoms with Gasteiger partial charge in [-0.1, -0.05) is 18.2 Å². The van der Waals surface area contributed by atoms with E-state index in [1.165, 1.54) is 0 Å². The Kier molecular flexibility index (Phi) is 3.76. The van der Waals surface area contributed by atoms with Crippen molar-refractivity contribution < 1.29 is 9.47 Å². The highest BCUT2D eigenvalue weighted by atomic mass is 16.5. The molecule has 1 aromatic carbocycles. The molecule has 0 saturated heterocycles. The average Bonchev–Trinajstić information content (AvgIpc) is 2.94. The van der Waals surface area contributed by atoms with Gasteiger partial charge in [-0.15, -0.1) is 0 Å². The molecule has 0 aliphatic heterocycles. The first-order chi connectivity index (χ1) is 12.2. The number of hydrogen-bond donors (Lipinski definition) is 1. The first-order valence-corrected chi connectivity index (χ1v) is 8.12. The van der Waals surface area contributed by atoms with Crippen LogP contribution in [0.1, 0.15) is 24.1 Å². The average molecular weight is 338 g/mol. The van der Waals surface area contributed by atoms with Gasteiger partial charge in [0.2, 0.25) is 5.78 Å². The van der Waals surface area contributed by atoms with Crippen molar-refractivity contribution in [3.05, 3.63) is 50.5 Å². The summed E-state index contributed by atoms with van der Waals surface area (Å²) < 4.78 is 12.3. The first-order valence-electron chi connectivity index (χ1n) is 8.12. The van der Waals surface area contributed by atoms with Crippen molar-refractivity contribution in [3.63, 3.8) is 0 Å². The number of fused-ring (bicyclic) bond motifs is 2. The smallest absolute Gasteiger partial charge is 0.276 e. The van der Waals surface area contributed by atoms with Crippen molar-refractivity contribution >= 4 is 17.9 Å². The molecule has 0 saturated carbocycles. The van der Waals surface area contributed by atoms with Gasteiger partial charge in [-0.3, -0.25) is 9.78 Å². The van der Waals surface area contributed by atoms with Gasteiger partial charge in [-0.25, -0.2) is 4.98 Å². The molecule has 0 spiro atoms. The van der Waals surface area contributed by atoms with Crippen molar-refractivity contribution in [1.29, 1.82) is 0 Å². The normalized spacial score (nSPS) is 14.2. The highest BCUT2D eigenvalue weighted by molar-refractivity contribution is 5.62. The monoisotopic (exact) mass is 338 g/mol. The maximum Gasteiger partial charge on any atom is 0.276 e. The Morgan fingerprint density at radius 3 is 2.96 bits per heavy atom. The summed E-state index contributed by atoms with van der Waals surface area (Å²) in [6.45, 7) is 0. The van der Waals surface area contributed by atoms with Gasteiger partial charge in [0.15, 0.2) is 11.5 Å². The zero-order valence-corrected chi connectivity index (χ0v) is 14.1. The summed E-state index contributed by atoms with van der Waals surface area (Å²) in [6.07, 6.45) is 6.70. The molecule has 1 aliphatic rings. The number of nitrogens with one attached hydrogen (secondary N) is 1. The number of H-pyrrole nitrogens is 1. The Morgan fingerprint density at radius 1 is 1.28 bits per heavy atom. The third-order valence-corrected chi connectivity index (χ3v) is 4.31. The van der Waals surface area contributed by atoms with Crippen LogP contribution in [0.25, 0.3) is 17.9 Å². The van der Waals surface area contributed by atoms with Crippen LogP contribution in [-0.2, 0) is 6.42 Å². The van der Waals surface area contributed by atoms with Crippen LogP contribution in [0, 0.1) is 0 Å². The van der Waals surface area contributed by atoms with Gasteiger partial charge in [0, 0.05) is 5.56 Å². The fourth-order valence-electron chi connectivity index (χ4n) is 3.11. The summed E-state index contributed by atoms with van der Waals surface area (Å²) in [5.41, 5.74) is 1.40. The molecule has 25 heavy (non-hydrogen) atoms. The summed E-state index contributed by atoms with van der Waals surface area (Å²) in [5.74, 6) is 1.61. The number of benzene rings is 1. The minimum absolute atomic E-state index is 0.243. The highest BCUT2D eigenvalue weighted by Gasteiger charge is 2.12. The van der Waals surface area contributed by atoms with Crippen molar-refractivity contribution in [1.82, 2.24) is 19.6 Å². The summed E-state index contributed by atoms with van der Waals surface area (Å²) in [6, 6.07) is 5.52. The first kappa shape index (κ1) is 15.4. The van der Waals surface area contributed by atoms with Gasteiger partial charge in [0.05, 0.1) is 25.3 Å². The van der Waals surface area contributed by atoms with Crippen LogP contribution >= 0.6 is 0 Å². The van der Waals surface area contributed by atoms with Gasteiger partial charge in [0.1, 0.15) is 5.35 Å². The molecule has 0 unspecified atom stereocenters. The van der Waals surface area contributed by atoms with Crippen LogP contribution in [0.2, 0.25) is 0 Å². The standard InChI is InChI=1S/C18H18N4O3/c1-24-15-9-5-6-11(16(15)25-2)10-14-17(23)20-18-19-12-7-3-4-8-13(12)21-22(14)18/h5-7,9-10H,3-4,8H2,1-2H3,(H,19,20,23)/b14-10-. The lowest BCUT2D eigenvalue weighted by Gasteiger charge is -2.09. The molecule has 2 heterocycles. The van der Waals surface area contributed by atoms with E-state index in [4.69, 9.17) is 9.47 Å². The number of nitrogens with zero attached hydrogens (tertiary/aromatic N) is 3. The second-order valence-electron chi connectivity index (χ2n) is 5.84. The minimum Gasteiger partial charge on any atom is -0.493 e. The summed E-state index contributed by atoms with van der Waals surface area (Å²) in [4.78, 5) is 19.7. The molecule has 128 valence electrons. The molecule has 3 aromatic rings. The lowest BCUT2D eigenvalue weighted by molar-refractivity contribution is 0.354. The molecule has 4 rings (SSSR count). The van der Waals surface area contributed by atoms with E-state index in [0.717, 1.165) is 35.9 Å². The van der Waals surface area contributed by atoms with Crippen molar-refractivity contribution in [2.75, 3.05) is 14.2 Å². The van der Waals surface area contributed by atoms with Crippen LogP contribution in [0.4, 0.5) is 0 Å². The van der Waals surface area contributed by atoms with E-state index < -0.39 is 0 Å². The fourth-order valence-corrected chi connectivity index (χ4v) is 3.11. The third-order valence-electron chi connectivity index (χ3n) is 4.31. The molecule has 0 fully saturated rings. The number of aromatic nitrogens is 4. The van der Waals surface area contributed by atoms with Gasteiger partial charge < -0.3 is 9.47 Å². The summed E-state index contributed by atoms with van der Waals surface area (Å²) in [5, 5.41) is 5.88. The van der Waals surface area contributed by atoms with Crippen molar-refractivity contribution in [2.24, 2.45) is 0 Å². The maximum atomic E-state index is 12.4. The number of hydrogen-bond acceptors (Lipinski definition) is 5. The molecular formula is C18H18N4O3. The van der Waals surface area contributed by atoms with Gasteiger partial charge >= 0.3 is 0 Å². The number of imidazole rings is 1. The molecule has 2 aromatic heterocycles. The van der Waals surface area contributed by atoms with E-state index in [9.17, 15) is 4.79 Å². The highest BCUT2D eigenvalue weighted by Crippen LogP contribution is 2.30. The van der Waals surface area contributed by atoms with E-state index in [0.29, 0.717) is 22.6 Å². The lowest BCUT2D eigenvalue weighted by atomic mass is 10.1. The van der Waals surface area contributed by atoms with Crippen LogP contribution in [0.3, 0.4) is 0 Å². The number of ether oxygens (including phenoxy) is 2. The zero-order chi connectivity index (χ0) is 17.4. The lowest BCUT2D eigenvalue weighted by Crippen LogP contribution is -2.30. The van der Waals surface area contributed by atoms with E-state index in [1.807, 2.05) is 18.2 Å². The van der Waals surface area contributed by atoms with Crippen LogP contribution in [0.5, 0.6) is 11.5 Å². The topological polar surface area (TPSA) is 81.5 Å². The molecule has 0 amide bonds. The summed E-state index contributed by atoms with van der Waals surface area (Å²) in [7, 11) is 3.15. The van der Waals surface area contributed by atoms with Crippen LogP contribution in [-0.4, -0.2) is 33.8 Å². The Morgan fingerprint density at radius 2 is 2.16 bits per heavy atom. The number of methoxy groups -OCH3 is 2. The molecule has 0 bridgehead atoms. The second kappa shape index (κ2) is 6.08. The second-order valence-corrected chi connectivity index (χ2v) is 5.84.